The van der Waals surface area contributed by atoms with E-state index in [2.05, 4.69) is 11.9 Å². The number of aryl methyl sites for hydroxylation is 1. The maximum Gasteiger partial charge on any atom is 0.283 e. The van der Waals surface area contributed by atoms with Crippen LogP contribution in [0.15, 0.2) is 47.5 Å². The molecular weight excluding hydrogens is 410 g/mol. The van der Waals surface area contributed by atoms with Gasteiger partial charge in [0.25, 0.3) is 12.3 Å². The maximum atomic E-state index is 13.2. The molecule has 0 aliphatic carbocycles. The minimum atomic E-state index is -2.72. The van der Waals surface area contributed by atoms with Gasteiger partial charge in [-0.2, -0.15) is 4.99 Å². The average molecular weight is 435 g/mol. The zero-order valence-corrected chi connectivity index (χ0v) is 17.7. The molecule has 0 aliphatic heterocycles. The zero-order chi connectivity index (χ0) is 21.7. The molecule has 1 atom stereocenters. The number of halogens is 2. The molecule has 0 saturated carbocycles. The molecule has 0 spiro atoms. The summed E-state index contributed by atoms with van der Waals surface area (Å²) in [6.07, 6.45) is -1.58. The number of benzene rings is 2. The van der Waals surface area contributed by atoms with Crippen LogP contribution < -0.4 is 9.54 Å². The first kappa shape index (κ1) is 22.1. The van der Waals surface area contributed by atoms with E-state index in [1.807, 2.05) is 28.8 Å². The van der Waals surface area contributed by atoms with Crippen molar-refractivity contribution in [3.05, 3.63) is 58.4 Å². The van der Waals surface area contributed by atoms with Crippen molar-refractivity contribution in [1.29, 1.82) is 0 Å². The fourth-order valence-electron chi connectivity index (χ4n) is 2.97. The number of hydrogen-bond donors (Lipinski definition) is 1. The van der Waals surface area contributed by atoms with Crippen LogP contribution in [0.3, 0.4) is 0 Å². The van der Waals surface area contributed by atoms with Crippen LogP contribution in [0.1, 0.15) is 49.0 Å². The van der Waals surface area contributed by atoms with Gasteiger partial charge < -0.3 is 14.4 Å². The number of alkyl halides is 2. The van der Waals surface area contributed by atoms with E-state index in [0.717, 1.165) is 29.1 Å². The fraction of sp³-hybridized carbons (Fsp3) is 0.364. The molecule has 5 nitrogen and oxygen atoms in total. The first-order valence-electron chi connectivity index (χ1n) is 9.81. The highest BCUT2D eigenvalue weighted by atomic mass is 32.1. The monoisotopic (exact) mass is 434 g/mol. The molecule has 1 aromatic heterocycles. The van der Waals surface area contributed by atoms with Gasteiger partial charge in [-0.05, 0) is 43.7 Å². The first-order valence-corrected chi connectivity index (χ1v) is 10.6. The molecule has 1 heterocycles. The van der Waals surface area contributed by atoms with Crippen LogP contribution in [0.2, 0.25) is 0 Å². The van der Waals surface area contributed by atoms with Gasteiger partial charge in [-0.3, -0.25) is 4.79 Å². The van der Waals surface area contributed by atoms with Crippen molar-refractivity contribution in [3.63, 3.8) is 0 Å². The molecule has 3 rings (SSSR count). The highest BCUT2D eigenvalue weighted by Gasteiger charge is 2.18. The molecule has 3 aromatic rings. The number of rotatable bonds is 8. The number of nitrogens with zero attached hydrogens (tertiary/aromatic N) is 2. The second kappa shape index (κ2) is 9.95. The molecule has 0 bridgehead atoms. The van der Waals surface area contributed by atoms with Gasteiger partial charge in [-0.1, -0.05) is 36.8 Å². The highest BCUT2D eigenvalue weighted by Crippen LogP contribution is 2.27. The Morgan fingerprint density at radius 3 is 2.73 bits per heavy atom. The van der Waals surface area contributed by atoms with E-state index in [4.69, 9.17) is 4.74 Å². The van der Waals surface area contributed by atoms with Gasteiger partial charge >= 0.3 is 0 Å². The average Bonchev–Trinajstić information content (AvgIpc) is 3.07. The molecule has 2 aromatic carbocycles. The molecule has 30 heavy (non-hydrogen) atoms. The van der Waals surface area contributed by atoms with Crippen molar-refractivity contribution >= 4 is 27.5 Å². The number of aliphatic hydroxyl groups excluding tert-OH is 1. The van der Waals surface area contributed by atoms with Crippen molar-refractivity contribution in [3.8, 4) is 5.75 Å². The Bertz CT molecular complexity index is 1090. The van der Waals surface area contributed by atoms with Crippen molar-refractivity contribution in [2.75, 3.05) is 6.61 Å². The molecule has 1 amide bonds. The Morgan fingerprint density at radius 1 is 1.27 bits per heavy atom. The zero-order valence-electron chi connectivity index (χ0n) is 16.8. The van der Waals surface area contributed by atoms with Crippen LogP contribution in [0.25, 0.3) is 10.2 Å². The van der Waals surface area contributed by atoms with Crippen molar-refractivity contribution < 1.29 is 23.4 Å². The number of thiazole rings is 1. The summed E-state index contributed by atoms with van der Waals surface area (Å²) >= 11 is 1.38. The van der Waals surface area contributed by atoms with Crippen molar-refractivity contribution in [1.82, 2.24) is 4.57 Å². The number of para-hydroxylation sites is 1. The molecule has 0 saturated heterocycles. The van der Waals surface area contributed by atoms with Gasteiger partial charge in [0.1, 0.15) is 12.4 Å². The standard InChI is InChI=1S/C22H24F2N2O3S/c1-3-4-11-26-17-7-5-6-8-19(17)30-22(26)25-21(28)16-12-15(20(23)24)9-10-18(16)29-13-14(2)27/h5-10,12,14,20,27H,3-4,11,13H2,1-2H3/b25-22-/t14-/m0/s1. The second-order valence-electron chi connectivity index (χ2n) is 6.99. The van der Waals surface area contributed by atoms with E-state index in [-0.39, 0.29) is 23.5 Å². The summed E-state index contributed by atoms with van der Waals surface area (Å²) < 4.78 is 34.8. The third-order valence-electron chi connectivity index (χ3n) is 4.49. The topological polar surface area (TPSA) is 63.8 Å². The van der Waals surface area contributed by atoms with Crippen LogP contribution in [-0.4, -0.2) is 28.3 Å². The van der Waals surface area contributed by atoms with E-state index in [0.29, 0.717) is 11.3 Å². The molecular formula is C22H24F2N2O3S. The number of carbonyl (C=O) groups is 1. The number of aromatic nitrogens is 1. The number of hydrogen-bond acceptors (Lipinski definition) is 4. The molecule has 1 N–H and O–H groups in total. The molecule has 0 radical (unpaired) electrons. The largest absolute Gasteiger partial charge is 0.490 e. The normalized spacial score (nSPS) is 13.2. The Kier molecular flexibility index (Phi) is 7.33. The van der Waals surface area contributed by atoms with Crippen LogP contribution in [0, 0.1) is 0 Å². The molecule has 0 aliphatic rings. The SMILES string of the molecule is CCCCn1/c(=N/C(=O)c2cc(C(F)F)ccc2OC[C@H](C)O)sc2ccccc21. The number of amides is 1. The van der Waals surface area contributed by atoms with Crippen LogP contribution in [-0.2, 0) is 6.54 Å². The second-order valence-corrected chi connectivity index (χ2v) is 8.00. The van der Waals surface area contributed by atoms with Crippen LogP contribution in [0.5, 0.6) is 5.75 Å². The summed E-state index contributed by atoms with van der Waals surface area (Å²) in [5, 5.41) is 9.47. The number of carbonyl (C=O) groups excluding carboxylic acids is 1. The number of aliphatic hydroxyl groups is 1. The summed E-state index contributed by atoms with van der Waals surface area (Å²) in [6.45, 7) is 4.26. The summed E-state index contributed by atoms with van der Waals surface area (Å²) in [7, 11) is 0. The molecule has 0 fully saturated rings. The van der Waals surface area contributed by atoms with E-state index in [9.17, 15) is 18.7 Å². The van der Waals surface area contributed by atoms with Crippen LogP contribution >= 0.6 is 11.3 Å². The van der Waals surface area contributed by atoms with Crippen molar-refractivity contribution in [2.45, 2.75) is 45.8 Å². The highest BCUT2D eigenvalue weighted by molar-refractivity contribution is 7.16. The minimum Gasteiger partial charge on any atom is -0.490 e. The van der Waals surface area contributed by atoms with Gasteiger partial charge in [0.05, 0.1) is 21.9 Å². The van der Waals surface area contributed by atoms with Gasteiger partial charge in [0, 0.05) is 12.1 Å². The third kappa shape index (κ3) is 5.12. The maximum absolute atomic E-state index is 13.2. The summed E-state index contributed by atoms with van der Waals surface area (Å²) in [5.41, 5.74) is 0.649. The lowest BCUT2D eigenvalue weighted by Crippen LogP contribution is -2.18. The number of fused-ring (bicyclic) bond motifs is 1. The van der Waals surface area contributed by atoms with E-state index < -0.39 is 18.4 Å². The van der Waals surface area contributed by atoms with E-state index in [1.54, 1.807) is 0 Å². The first-order chi connectivity index (χ1) is 14.4. The van der Waals surface area contributed by atoms with Crippen LogP contribution in [0.4, 0.5) is 8.78 Å². The quantitative estimate of drug-likeness (QED) is 0.546. The van der Waals surface area contributed by atoms with Gasteiger partial charge in [-0.15, -0.1) is 0 Å². The molecule has 160 valence electrons. The Morgan fingerprint density at radius 2 is 2.03 bits per heavy atom. The molecule has 0 unspecified atom stereocenters. The Hall–Kier alpha value is -2.58. The van der Waals surface area contributed by atoms with Gasteiger partial charge in [0.2, 0.25) is 0 Å². The summed E-state index contributed by atoms with van der Waals surface area (Å²) in [5.74, 6) is -0.537. The third-order valence-corrected chi connectivity index (χ3v) is 5.55. The summed E-state index contributed by atoms with van der Waals surface area (Å²) in [6, 6.07) is 11.4. The van der Waals surface area contributed by atoms with E-state index in [1.165, 1.54) is 30.4 Å². The predicted molar refractivity (Wildman–Crippen MR) is 113 cm³/mol. The lowest BCUT2D eigenvalue weighted by molar-refractivity contribution is 0.0979. The number of ether oxygens (including phenoxy) is 1. The lowest BCUT2D eigenvalue weighted by Gasteiger charge is -2.12. The Labute approximate surface area is 177 Å². The van der Waals surface area contributed by atoms with Gasteiger partial charge in [0.15, 0.2) is 4.80 Å². The molecule has 8 heteroatoms. The van der Waals surface area contributed by atoms with Gasteiger partial charge in [-0.25, -0.2) is 8.78 Å². The smallest absolute Gasteiger partial charge is 0.283 e. The fourth-order valence-corrected chi connectivity index (χ4v) is 4.03. The Balaban J connectivity index is 2.08. The number of unbranched alkanes of at least 4 members (excludes halogenated alkanes) is 1. The van der Waals surface area contributed by atoms with Crippen molar-refractivity contribution in [2.24, 2.45) is 4.99 Å². The lowest BCUT2D eigenvalue weighted by atomic mass is 10.1. The predicted octanol–water partition coefficient (Wildman–Crippen LogP) is 4.94. The van der Waals surface area contributed by atoms with E-state index >= 15 is 0 Å². The summed E-state index contributed by atoms with van der Waals surface area (Å²) in [4.78, 5) is 17.8. The minimum absolute atomic E-state index is 0.0482.